The van der Waals surface area contributed by atoms with Gasteiger partial charge in [0.05, 0.1) is 12.5 Å². The number of carbonyl (C=O) groups excluding carboxylic acids is 1. The first kappa shape index (κ1) is 15.3. The molecule has 5 atom stereocenters. The Morgan fingerprint density at radius 2 is 1.94 bits per heavy atom. The largest absolute Gasteiger partial charge is 0.454 e. The number of rotatable bonds is 4. The minimum absolute atomic E-state index is 0.373. The summed E-state index contributed by atoms with van der Waals surface area (Å²) in [5, 5.41) is 28.6. The minimum Gasteiger partial charge on any atom is -0.454 e. The van der Waals surface area contributed by atoms with Crippen LogP contribution in [0.15, 0.2) is 0 Å². The second-order valence-electron chi connectivity index (χ2n) is 4.50. The van der Waals surface area contributed by atoms with Crippen molar-refractivity contribution in [2.75, 3.05) is 13.7 Å². The van der Waals surface area contributed by atoms with Crippen LogP contribution in [0.4, 0.5) is 0 Å². The minimum atomic E-state index is -1.37. The Labute approximate surface area is 105 Å². The lowest BCUT2D eigenvalue weighted by molar-refractivity contribution is -0.298. The lowest BCUT2D eigenvalue weighted by atomic mass is 9.99. The highest BCUT2D eigenvalue weighted by molar-refractivity contribution is 5.71. The average molecular weight is 264 g/mol. The maximum Gasteiger partial charge on any atom is 0.308 e. The SMILES string of the molecule is CO[C@H]1O[C@H](CO)[C@@H](O)[C@H](O)[C@H]1OC(=O)C(C)C. The zero-order chi connectivity index (χ0) is 13.9. The Morgan fingerprint density at radius 3 is 2.39 bits per heavy atom. The fourth-order valence-corrected chi connectivity index (χ4v) is 1.64. The standard InChI is InChI=1S/C11H20O7/c1-5(2)10(15)18-9-8(14)7(13)6(4-12)17-11(9)16-3/h5-9,11-14H,4H2,1-3H3/t6-,7-,8+,9-,11+/m1/s1. The summed E-state index contributed by atoms with van der Waals surface area (Å²) in [5.41, 5.74) is 0. The van der Waals surface area contributed by atoms with Crippen LogP contribution in [0, 0.1) is 5.92 Å². The molecule has 0 aliphatic carbocycles. The number of carbonyl (C=O) groups is 1. The van der Waals surface area contributed by atoms with E-state index < -0.39 is 43.3 Å². The highest BCUT2D eigenvalue weighted by Crippen LogP contribution is 2.24. The van der Waals surface area contributed by atoms with E-state index >= 15 is 0 Å². The fraction of sp³-hybridized carbons (Fsp3) is 0.909. The second-order valence-corrected chi connectivity index (χ2v) is 4.50. The smallest absolute Gasteiger partial charge is 0.308 e. The van der Waals surface area contributed by atoms with Crippen molar-refractivity contribution in [1.29, 1.82) is 0 Å². The number of aliphatic hydroxyl groups excluding tert-OH is 3. The molecule has 0 saturated carbocycles. The molecule has 0 amide bonds. The van der Waals surface area contributed by atoms with Gasteiger partial charge in [-0.1, -0.05) is 13.8 Å². The molecule has 1 rings (SSSR count). The van der Waals surface area contributed by atoms with E-state index in [0.717, 1.165) is 0 Å². The van der Waals surface area contributed by atoms with Gasteiger partial charge in [-0.3, -0.25) is 4.79 Å². The molecule has 3 N–H and O–H groups in total. The number of hydrogen-bond acceptors (Lipinski definition) is 7. The van der Waals surface area contributed by atoms with E-state index in [0.29, 0.717) is 0 Å². The Balaban J connectivity index is 2.78. The zero-order valence-electron chi connectivity index (χ0n) is 10.6. The summed E-state index contributed by atoms with van der Waals surface area (Å²) in [7, 11) is 1.32. The summed E-state index contributed by atoms with van der Waals surface area (Å²) in [6, 6.07) is 0. The van der Waals surface area contributed by atoms with E-state index in [9.17, 15) is 15.0 Å². The van der Waals surface area contributed by atoms with Crippen molar-refractivity contribution in [2.45, 2.75) is 44.6 Å². The summed E-state index contributed by atoms with van der Waals surface area (Å²) in [5.74, 6) is -0.901. The lowest BCUT2D eigenvalue weighted by Gasteiger charge is -2.40. The number of methoxy groups -OCH3 is 1. The molecule has 1 fully saturated rings. The molecule has 1 heterocycles. The van der Waals surface area contributed by atoms with Gasteiger partial charge in [0.2, 0.25) is 0 Å². The fourth-order valence-electron chi connectivity index (χ4n) is 1.64. The van der Waals surface area contributed by atoms with Crippen LogP contribution in [0.2, 0.25) is 0 Å². The van der Waals surface area contributed by atoms with Crippen molar-refractivity contribution in [3.8, 4) is 0 Å². The molecule has 1 aliphatic heterocycles. The Morgan fingerprint density at radius 1 is 1.33 bits per heavy atom. The summed E-state index contributed by atoms with van der Waals surface area (Å²) in [4.78, 5) is 11.5. The van der Waals surface area contributed by atoms with Crippen molar-refractivity contribution >= 4 is 5.97 Å². The monoisotopic (exact) mass is 264 g/mol. The second kappa shape index (κ2) is 6.44. The van der Waals surface area contributed by atoms with Crippen LogP contribution in [0.25, 0.3) is 0 Å². The molecule has 18 heavy (non-hydrogen) atoms. The summed E-state index contributed by atoms with van der Waals surface area (Å²) < 4.78 is 15.2. The lowest BCUT2D eigenvalue weighted by Crippen LogP contribution is -2.60. The number of esters is 1. The van der Waals surface area contributed by atoms with Gasteiger partial charge in [0.25, 0.3) is 0 Å². The Kier molecular flexibility index (Phi) is 5.48. The summed E-state index contributed by atoms with van der Waals surface area (Å²) in [6.45, 7) is 2.82. The van der Waals surface area contributed by atoms with E-state index in [1.54, 1.807) is 13.8 Å². The van der Waals surface area contributed by atoms with Crippen molar-refractivity contribution in [3.05, 3.63) is 0 Å². The molecular weight excluding hydrogens is 244 g/mol. The highest BCUT2D eigenvalue weighted by Gasteiger charge is 2.46. The van der Waals surface area contributed by atoms with Gasteiger partial charge in [0, 0.05) is 7.11 Å². The quantitative estimate of drug-likeness (QED) is 0.538. The van der Waals surface area contributed by atoms with E-state index in [1.165, 1.54) is 7.11 Å². The van der Waals surface area contributed by atoms with Crippen LogP contribution in [0.1, 0.15) is 13.8 Å². The molecule has 0 aromatic carbocycles. The summed E-state index contributed by atoms with van der Waals surface area (Å²) >= 11 is 0. The van der Waals surface area contributed by atoms with Crippen LogP contribution >= 0.6 is 0 Å². The third kappa shape index (κ3) is 3.18. The van der Waals surface area contributed by atoms with Crippen LogP contribution in [0.5, 0.6) is 0 Å². The molecule has 0 unspecified atom stereocenters. The molecule has 0 spiro atoms. The van der Waals surface area contributed by atoms with Gasteiger partial charge in [0.15, 0.2) is 12.4 Å². The van der Waals surface area contributed by atoms with Gasteiger partial charge >= 0.3 is 5.97 Å². The third-order valence-electron chi connectivity index (χ3n) is 2.78. The number of hydrogen-bond donors (Lipinski definition) is 3. The maximum atomic E-state index is 11.5. The number of aliphatic hydroxyl groups is 3. The van der Waals surface area contributed by atoms with Crippen LogP contribution < -0.4 is 0 Å². The van der Waals surface area contributed by atoms with Crippen molar-refractivity contribution in [3.63, 3.8) is 0 Å². The van der Waals surface area contributed by atoms with E-state index in [-0.39, 0.29) is 5.92 Å². The van der Waals surface area contributed by atoms with Crippen LogP contribution in [-0.4, -0.2) is 65.7 Å². The topological polar surface area (TPSA) is 105 Å². The first-order valence-electron chi connectivity index (χ1n) is 5.78. The van der Waals surface area contributed by atoms with Crippen molar-refractivity contribution in [2.24, 2.45) is 5.92 Å². The molecule has 1 saturated heterocycles. The molecule has 0 bridgehead atoms. The van der Waals surface area contributed by atoms with Gasteiger partial charge in [0.1, 0.15) is 18.3 Å². The molecule has 0 radical (unpaired) electrons. The van der Waals surface area contributed by atoms with E-state index in [2.05, 4.69) is 0 Å². The summed E-state index contributed by atoms with van der Waals surface area (Å²) in [6.07, 6.45) is -5.83. The average Bonchev–Trinajstić information content (AvgIpc) is 2.35. The van der Waals surface area contributed by atoms with Gasteiger partial charge in [-0.15, -0.1) is 0 Å². The van der Waals surface area contributed by atoms with Crippen LogP contribution in [0.3, 0.4) is 0 Å². The molecule has 106 valence electrons. The Hall–Kier alpha value is -0.730. The molecular formula is C11H20O7. The molecule has 1 aliphatic rings. The predicted octanol–water partition coefficient (Wildman–Crippen LogP) is -1.36. The number of ether oxygens (including phenoxy) is 3. The predicted molar refractivity (Wildman–Crippen MR) is 59.5 cm³/mol. The first-order valence-corrected chi connectivity index (χ1v) is 5.78. The Bertz CT molecular complexity index is 279. The molecule has 0 aromatic rings. The third-order valence-corrected chi connectivity index (χ3v) is 2.78. The molecule has 7 heteroatoms. The molecule has 0 aromatic heterocycles. The van der Waals surface area contributed by atoms with E-state index in [4.69, 9.17) is 19.3 Å². The highest BCUT2D eigenvalue weighted by atomic mass is 16.7. The van der Waals surface area contributed by atoms with Crippen molar-refractivity contribution in [1.82, 2.24) is 0 Å². The van der Waals surface area contributed by atoms with Gasteiger partial charge < -0.3 is 29.5 Å². The van der Waals surface area contributed by atoms with E-state index in [1.807, 2.05) is 0 Å². The van der Waals surface area contributed by atoms with Gasteiger partial charge in [-0.25, -0.2) is 0 Å². The normalized spacial score (nSPS) is 36.7. The zero-order valence-corrected chi connectivity index (χ0v) is 10.6. The maximum absolute atomic E-state index is 11.5. The first-order chi connectivity index (χ1) is 8.42. The van der Waals surface area contributed by atoms with Gasteiger partial charge in [-0.2, -0.15) is 0 Å². The molecule has 7 nitrogen and oxygen atoms in total. The van der Waals surface area contributed by atoms with Gasteiger partial charge in [-0.05, 0) is 0 Å². The van der Waals surface area contributed by atoms with Crippen LogP contribution in [-0.2, 0) is 19.0 Å². The van der Waals surface area contributed by atoms with Crippen molar-refractivity contribution < 1.29 is 34.3 Å².